The highest BCUT2D eigenvalue weighted by Crippen LogP contribution is 2.20. The average molecular weight is 535 g/mol. The van der Waals surface area contributed by atoms with Gasteiger partial charge in [0.15, 0.2) is 5.96 Å². The van der Waals surface area contributed by atoms with E-state index in [2.05, 4.69) is 65.0 Å². The maximum absolute atomic E-state index is 11.7. The predicted molar refractivity (Wildman–Crippen MR) is 138 cm³/mol. The molecule has 1 amide bonds. The van der Waals surface area contributed by atoms with Crippen molar-refractivity contribution in [3.05, 3.63) is 71.3 Å². The summed E-state index contributed by atoms with van der Waals surface area (Å²) in [5.41, 5.74) is 3.09. The molecule has 0 spiro atoms. The van der Waals surface area contributed by atoms with Gasteiger partial charge in [-0.3, -0.25) is 9.69 Å². The Morgan fingerprint density at radius 2 is 1.81 bits per heavy atom. The van der Waals surface area contributed by atoms with Crippen LogP contribution in [0, 0.1) is 0 Å². The highest BCUT2D eigenvalue weighted by molar-refractivity contribution is 14.0. The van der Waals surface area contributed by atoms with Gasteiger partial charge in [-0.25, -0.2) is 4.99 Å². The van der Waals surface area contributed by atoms with Crippen molar-refractivity contribution in [1.82, 2.24) is 20.9 Å². The molecule has 168 valence electrons. The summed E-state index contributed by atoms with van der Waals surface area (Å²) in [5.74, 6) is 0.766. The van der Waals surface area contributed by atoms with E-state index in [-0.39, 0.29) is 29.9 Å². The fourth-order valence-corrected chi connectivity index (χ4v) is 3.83. The van der Waals surface area contributed by atoms with E-state index in [9.17, 15) is 4.79 Å². The molecule has 0 aliphatic carbocycles. The van der Waals surface area contributed by atoms with Crippen LogP contribution in [0.2, 0.25) is 0 Å². The van der Waals surface area contributed by atoms with Gasteiger partial charge in [-0.15, -0.1) is 24.0 Å². The molecular weight excluding hydrogens is 501 g/mol. The highest BCUT2D eigenvalue weighted by Gasteiger charge is 2.29. The normalized spacial score (nSPS) is 18.9. The molecule has 6 nitrogen and oxygen atoms in total. The molecule has 7 heteroatoms. The molecule has 0 bridgehead atoms. The molecule has 2 unspecified atom stereocenters. The quantitative estimate of drug-likeness (QED) is 0.289. The van der Waals surface area contributed by atoms with Crippen LogP contribution < -0.4 is 16.0 Å². The first kappa shape index (κ1) is 25.1. The number of hydrogen-bond donors (Lipinski definition) is 3. The number of rotatable bonds is 7. The smallest absolute Gasteiger partial charge is 0.251 e. The minimum atomic E-state index is -0.0736. The molecule has 3 rings (SSSR count). The SMILES string of the molecule is CCNC(=NCc1ccc(C(=O)NC)cc1)NC1CC(C)N(Cc2ccccc2)C1.I. The predicted octanol–water partition coefficient (Wildman–Crippen LogP) is 3.38. The molecule has 2 atom stereocenters. The first-order valence-corrected chi connectivity index (χ1v) is 10.7. The second-order valence-corrected chi connectivity index (χ2v) is 7.81. The van der Waals surface area contributed by atoms with Gasteiger partial charge in [0.05, 0.1) is 6.54 Å². The van der Waals surface area contributed by atoms with Crippen LogP contribution in [0.15, 0.2) is 59.6 Å². The number of carbonyl (C=O) groups is 1. The van der Waals surface area contributed by atoms with Crippen LogP contribution in [0.4, 0.5) is 0 Å². The van der Waals surface area contributed by atoms with Gasteiger partial charge < -0.3 is 16.0 Å². The van der Waals surface area contributed by atoms with Crippen molar-refractivity contribution in [1.29, 1.82) is 0 Å². The summed E-state index contributed by atoms with van der Waals surface area (Å²) in [5, 5.41) is 9.60. The van der Waals surface area contributed by atoms with E-state index in [4.69, 9.17) is 4.99 Å². The number of aliphatic imine (C=N–C) groups is 1. The second-order valence-electron chi connectivity index (χ2n) is 7.81. The van der Waals surface area contributed by atoms with E-state index >= 15 is 0 Å². The first-order valence-electron chi connectivity index (χ1n) is 10.7. The number of nitrogens with zero attached hydrogens (tertiary/aromatic N) is 2. The molecule has 0 aromatic heterocycles. The molecule has 3 N–H and O–H groups in total. The molecule has 31 heavy (non-hydrogen) atoms. The topological polar surface area (TPSA) is 68.8 Å². The minimum absolute atomic E-state index is 0. The number of carbonyl (C=O) groups excluding carboxylic acids is 1. The van der Waals surface area contributed by atoms with Crippen molar-refractivity contribution in [2.45, 2.75) is 45.4 Å². The van der Waals surface area contributed by atoms with Gasteiger partial charge >= 0.3 is 0 Å². The Bertz CT molecular complexity index is 841. The molecule has 1 saturated heterocycles. The maximum Gasteiger partial charge on any atom is 0.251 e. The van der Waals surface area contributed by atoms with E-state index in [1.807, 2.05) is 24.3 Å². The molecular formula is C24H34IN5O. The van der Waals surface area contributed by atoms with E-state index in [0.29, 0.717) is 24.2 Å². The van der Waals surface area contributed by atoms with Crippen LogP contribution in [0.3, 0.4) is 0 Å². The van der Waals surface area contributed by atoms with E-state index < -0.39 is 0 Å². The van der Waals surface area contributed by atoms with Crippen LogP contribution in [0.5, 0.6) is 0 Å². The molecule has 1 aliphatic rings. The van der Waals surface area contributed by atoms with Gasteiger partial charge in [-0.1, -0.05) is 42.5 Å². The number of benzene rings is 2. The summed E-state index contributed by atoms with van der Waals surface area (Å²) in [7, 11) is 1.64. The van der Waals surface area contributed by atoms with Crippen molar-refractivity contribution in [3.8, 4) is 0 Å². The lowest BCUT2D eigenvalue weighted by atomic mass is 10.1. The summed E-state index contributed by atoms with van der Waals surface area (Å²) in [6.07, 6.45) is 1.10. The minimum Gasteiger partial charge on any atom is -0.357 e. The van der Waals surface area contributed by atoms with Crippen LogP contribution in [-0.4, -0.2) is 49.0 Å². The fourth-order valence-electron chi connectivity index (χ4n) is 3.83. The van der Waals surface area contributed by atoms with E-state index in [1.165, 1.54) is 5.56 Å². The Kier molecular flexibility index (Phi) is 10.3. The van der Waals surface area contributed by atoms with Crippen molar-refractivity contribution >= 4 is 35.8 Å². The lowest BCUT2D eigenvalue weighted by Crippen LogP contribution is -2.44. The Morgan fingerprint density at radius 1 is 1.10 bits per heavy atom. The highest BCUT2D eigenvalue weighted by atomic mass is 127. The Balaban J connectivity index is 0.00000341. The standard InChI is InChI=1S/C24H33N5O.HI/c1-4-26-24(27-15-19-10-12-21(13-11-19)23(30)25-3)28-22-14-18(2)29(17-22)16-20-8-6-5-7-9-20;/h5-13,18,22H,4,14-17H2,1-3H3,(H,25,30)(H2,26,27,28);1H. The molecule has 1 aliphatic heterocycles. The number of guanidine groups is 1. The van der Waals surface area contributed by atoms with Crippen LogP contribution >= 0.6 is 24.0 Å². The third-order valence-corrected chi connectivity index (χ3v) is 5.48. The molecule has 1 heterocycles. The lowest BCUT2D eigenvalue weighted by molar-refractivity contribution is 0.0963. The van der Waals surface area contributed by atoms with Gasteiger partial charge in [0.1, 0.15) is 0 Å². The summed E-state index contributed by atoms with van der Waals surface area (Å²) in [6, 6.07) is 19.1. The molecule has 2 aromatic rings. The zero-order valence-corrected chi connectivity index (χ0v) is 20.9. The van der Waals surface area contributed by atoms with Crippen LogP contribution in [0.1, 0.15) is 41.8 Å². The molecule has 2 aromatic carbocycles. The monoisotopic (exact) mass is 535 g/mol. The molecule has 0 saturated carbocycles. The van der Waals surface area contributed by atoms with Crippen molar-refractivity contribution in [2.75, 3.05) is 20.1 Å². The number of halogens is 1. The van der Waals surface area contributed by atoms with Gasteiger partial charge in [0, 0.05) is 44.3 Å². The zero-order valence-electron chi connectivity index (χ0n) is 18.6. The van der Waals surface area contributed by atoms with E-state index in [1.54, 1.807) is 7.05 Å². The van der Waals surface area contributed by atoms with Crippen molar-refractivity contribution in [2.24, 2.45) is 4.99 Å². The zero-order chi connectivity index (χ0) is 21.3. The fraction of sp³-hybridized carbons (Fsp3) is 0.417. The summed E-state index contributed by atoms with van der Waals surface area (Å²) in [6.45, 7) is 7.74. The van der Waals surface area contributed by atoms with Gasteiger partial charge in [0.2, 0.25) is 0 Å². The van der Waals surface area contributed by atoms with Crippen molar-refractivity contribution < 1.29 is 4.79 Å². The average Bonchev–Trinajstić information content (AvgIpc) is 3.11. The Labute approximate surface area is 202 Å². The van der Waals surface area contributed by atoms with Gasteiger partial charge in [-0.05, 0) is 43.5 Å². The first-order chi connectivity index (χ1) is 14.6. The second kappa shape index (κ2) is 12.7. The molecule has 1 fully saturated rings. The summed E-state index contributed by atoms with van der Waals surface area (Å²) >= 11 is 0. The van der Waals surface area contributed by atoms with Crippen LogP contribution in [0.25, 0.3) is 0 Å². The largest absolute Gasteiger partial charge is 0.357 e. The molecule has 0 radical (unpaired) electrons. The van der Waals surface area contributed by atoms with Crippen LogP contribution in [-0.2, 0) is 13.1 Å². The van der Waals surface area contributed by atoms with Gasteiger partial charge in [-0.2, -0.15) is 0 Å². The number of hydrogen-bond acceptors (Lipinski definition) is 3. The summed E-state index contributed by atoms with van der Waals surface area (Å²) in [4.78, 5) is 18.9. The van der Waals surface area contributed by atoms with Crippen molar-refractivity contribution in [3.63, 3.8) is 0 Å². The Morgan fingerprint density at radius 3 is 2.45 bits per heavy atom. The lowest BCUT2D eigenvalue weighted by Gasteiger charge is -2.21. The van der Waals surface area contributed by atoms with E-state index in [0.717, 1.165) is 37.6 Å². The Hall–Kier alpha value is -2.13. The third-order valence-electron chi connectivity index (χ3n) is 5.48. The van der Waals surface area contributed by atoms with Gasteiger partial charge in [0.25, 0.3) is 5.91 Å². The number of likely N-dealkylation sites (tertiary alicyclic amines) is 1. The number of amides is 1. The third kappa shape index (κ3) is 7.50. The maximum atomic E-state index is 11.7. The summed E-state index contributed by atoms with van der Waals surface area (Å²) < 4.78 is 0. The number of nitrogens with one attached hydrogen (secondary N) is 3.